The number of halogens is 3. The van der Waals surface area contributed by atoms with Crippen molar-refractivity contribution in [2.75, 3.05) is 11.8 Å². The number of phenolic OH excluding ortho intramolecular Hbond substituents is 1. The van der Waals surface area contributed by atoms with Crippen LogP contribution in [-0.4, -0.2) is 31.9 Å². The van der Waals surface area contributed by atoms with Crippen LogP contribution in [0.3, 0.4) is 0 Å². The highest BCUT2D eigenvalue weighted by atomic mass is 32.2. The Kier molecular flexibility index (Phi) is 5.79. The van der Waals surface area contributed by atoms with E-state index in [-0.39, 0.29) is 17.1 Å². The van der Waals surface area contributed by atoms with Gasteiger partial charge in [-0.05, 0) is 35.9 Å². The van der Waals surface area contributed by atoms with Crippen LogP contribution >= 0.6 is 0 Å². The lowest BCUT2D eigenvalue weighted by Gasteiger charge is -2.10. The van der Waals surface area contributed by atoms with E-state index in [0.29, 0.717) is 5.56 Å². The van der Waals surface area contributed by atoms with Crippen molar-refractivity contribution in [2.45, 2.75) is 5.51 Å². The zero-order valence-corrected chi connectivity index (χ0v) is 14.6. The molecule has 2 rings (SSSR count). The Morgan fingerprint density at radius 1 is 1.19 bits per heavy atom. The number of rotatable bonds is 6. The molecule has 0 fully saturated rings. The van der Waals surface area contributed by atoms with Crippen LogP contribution in [0.25, 0.3) is 6.08 Å². The smallest absolute Gasteiger partial charge is 0.504 e. The number of ketones is 1. The first-order valence-corrected chi connectivity index (χ1v) is 8.80. The lowest BCUT2D eigenvalue weighted by molar-refractivity contribution is -0.0429. The van der Waals surface area contributed by atoms with E-state index in [0.717, 1.165) is 18.2 Å². The SMILES string of the molecule is COc1cc(/C=C/C(=O)c2cccc(NS(=O)(=O)C(F)(F)F)c2)ccc1O. The Labute approximate surface area is 153 Å². The third-order valence-corrected chi connectivity index (χ3v) is 4.45. The van der Waals surface area contributed by atoms with E-state index in [1.165, 1.54) is 48.2 Å². The van der Waals surface area contributed by atoms with Gasteiger partial charge in [-0.1, -0.05) is 24.3 Å². The predicted molar refractivity (Wildman–Crippen MR) is 93.1 cm³/mol. The van der Waals surface area contributed by atoms with Crippen LogP contribution < -0.4 is 9.46 Å². The number of alkyl halides is 3. The fourth-order valence-electron chi connectivity index (χ4n) is 2.01. The second-order valence-corrected chi connectivity index (χ2v) is 6.93. The molecule has 0 aliphatic heterocycles. The van der Waals surface area contributed by atoms with Crippen LogP contribution in [0.15, 0.2) is 48.5 Å². The second-order valence-electron chi connectivity index (χ2n) is 5.26. The van der Waals surface area contributed by atoms with E-state index < -0.39 is 27.0 Å². The number of ether oxygens (including phenoxy) is 1. The van der Waals surface area contributed by atoms with Gasteiger partial charge < -0.3 is 9.84 Å². The standard InChI is InChI=1S/C17H14F3NO5S/c1-26-16-9-11(6-8-15(16)23)5-7-14(22)12-3-2-4-13(10-12)21-27(24,25)17(18,19)20/h2-10,21,23H,1H3/b7-5+. The van der Waals surface area contributed by atoms with Gasteiger partial charge in [0, 0.05) is 11.3 Å². The maximum absolute atomic E-state index is 12.4. The van der Waals surface area contributed by atoms with Crippen molar-refractivity contribution in [3.8, 4) is 11.5 Å². The molecule has 10 heteroatoms. The summed E-state index contributed by atoms with van der Waals surface area (Å²) >= 11 is 0. The van der Waals surface area contributed by atoms with Crippen LogP contribution in [0.1, 0.15) is 15.9 Å². The first-order chi connectivity index (χ1) is 12.5. The molecule has 2 aromatic rings. The Bertz CT molecular complexity index is 984. The van der Waals surface area contributed by atoms with E-state index >= 15 is 0 Å². The Balaban J connectivity index is 2.20. The van der Waals surface area contributed by atoms with Crippen molar-refractivity contribution >= 4 is 27.6 Å². The quantitative estimate of drug-likeness (QED) is 0.570. The van der Waals surface area contributed by atoms with Crippen LogP contribution in [0.5, 0.6) is 11.5 Å². The normalized spacial score (nSPS) is 12.1. The van der Waals surface area contributed by atoms with Gasteiger partial charge in [-0.15, -0.1) is 0 Å². The minimum Gasteiger partial charge on any atom is -0.504 e. The molecule has 0 bridgehead atoms. The Morgan fingerprint density at radius 3 is 2.52 bits per heavy atom. The molecule has 0 heterocycles. The summed E-state index contributed by atoms with van der Waals surface area (Å²) in [6.07, 6.45) is 2.57. The van der Waals surface area contributed by atoms with Crippen LogP contribution in [-0.2, 0) is 10.0 Å². The number of nitrogens with one attached hydrogen (secondary N) is 1. The summed E-state index contributed by atoms with van der Waals surface area (Å²) in [4.78, 5) is 12.2. The minimum absolute atomic E-state index is 0.0145. The van der Waals surface area contributed by atoms with E-state index in [2.05, 4.69) is 0 Å². The molecule has 0 saturated heterocycles. The van der Waals surface area contributed by atoms with Crippen molar-refractivity contribution in [3.05, 3.63) is 59.7 Å². The van der Waals surface area contributed by atoms with Crippen molar-refractivity contribution in [3.63, 3.8) is 0 Å². The lowest BCUT2D eigenvalue weighted by Crippen LogP contribution is -2.29. The summed E-state index contributed by atoms with van der Waals surface area (Å²) in [5.41, 5.74) is -5.34. The molecule has 0 unspecified atom stereocenters. The first kappa shape index (κ1) is 20.3. The third-order valence-electron chi connectivity index (χ3n) is 3.33. The molecule has 0 atom stereocenters. The van der Waals surface area contributed by atoms with Crippen molar-refractivity contribution < 1.29 is 36.2 Å². The zero-order chi connectivity index (χ0) is 20.2. The largest absolute Gasteiger partial charge is 0.516 e. The number of anilines is 1. The van der Waals surface area contributed by atoms with Crippen LogP contribution in [0, 0.1) is 0 Å². The summed E-state index contributed by atoms with van der Waals surface area (Å²) in [7, 11) is -4.21. The molecule has 0 amide bonds. The highest BCUT2D eigenvalue weighted by Crippen LogP contribution is 2.27. The number of aromatic hydroxyl groups is 1. The third kappa shape index (κ3) is 5.00. The highest BCUT2D eigenvalue weighted by molar-refractivity contribution is 7.93. The summed E-state index contributed by atoms with van der Waals surface area (Å²) in [5.74, 6) is -0.436. The van der Waals surface area contributed by atoms with Crippen LogP contribution in [0.2, 0.25) is 0 Å². The lowest BCUT2D eigenvalue weighted by atomic mass is 10.1. The van der Waals surface area contributed by atoms with Crippen molar-refractivity contribution in [1.29, 1.82) is 0 Å². The molecule has 0 radical (unpaired) electrons. The average molecular weight is 401 g/mol. The van der Waals surface area contributed by atoms with Gasteiger partial charge in [0.05, 0.1) is 7.11 Å². The number of phenols is 1. The fourth-order valence-corrected chi connectivity index (χ4v) is 2.57. The van der Waals surface area contributed by atoms with Crippen LogP contribution in [0.4, 0.5) is 18.9 Å². The maximum atomic E-state index is 12.4. The minimum atomic E-state index is -5.58. The number of hydrogen-bond donors (Lipinski definition) is 2. The van der Waals surface area contributed by atoms with E-state index in [1.54, 1.807) is 0 Å². The van der Waals surface area contributed by atoms with Crippen molar-refractivity contribution in [1.82, 2.24) is 0 Å². The molecule has 0 spiro atoms. The van der Waals surface area contributed by atoms with Gasteiger partial charge in [0.15, 0.2) is 17.3 Å². The van der Waals surface area contributed by atoms with Gasteiger partial charge in [-0.3, -0.25) is 9.52 Å². The van der Waals surface area contributed by atoms with Gasteiger partial charge >= 0.3 is 15.5 Å². The van der Waals surface area contributed by atoms with Gasteiger partial charge in [0.1, 0.15) is 0 Å². The van der Waals surface area contributed by atoms with Gasteiger partial charge in [0.25, 0.3) is 0 Å². The zero-order valence-electron chi connectivity index (χ0n) is 13.8. The number of methoxy groups -OCH3 is 1. The molecule has 0 aromatic heterocycles. The summed E-state index contributed by atoms with van der Waals surface area (Å²) in [6.45, 7) is 0. The molecular formula is C17H14F3NO5S. The summed E-state index contributed by atoms with van der Waals surface area (Å²) in [5, 5.41) is 9.52. The Hall–Kier alpha value is -3.01. The number of carbonyl (C=O) groups excluding carboxylic acids is 1. The molecule has 2 aromatic carbocycles. The molecule has 27 heavy (non-hydrogen) atoms. The van der Waals surface area contributed by atoms with Gasteiger partial charge in [0.2, 0.25) is 0 Å². The number of hydrogen-bond acceptors (Lipinski definition) is 5. The molecule has 0 aliphatic carbocycles. The van der Waals surface area contributed by atoms with Gasteiger partial charge in [-0.25, -0.2) is 0 Å². The number of sulfonamides is 1. The molecule has 6 nitrogen and oxygen atoms in total. The molecule has 0 saturated carbocycles. The summed E-state index contributed by atoms with van der Waals surface area (Å²) < 4.78 is 65.8. The summed E-state index contributed by atoms with van der Waals surface area (Å²) in [6, 6.07) is 9.04. The topological polar surface area (TPSA) is 92.7 Å². The van der Waals surface area contributed by atoms with E-state index in [4.69, 9.17) is 4.74 Å². The van der Waals surface area contributed by atoms with E-state index in [9.17, 15) is 31.5 Å². The number of benzene rings is 2. The second kappa shape index (κ2) is 7.70. The van der Waals surface area contributed by atoms with Crippen molar-refractivity contribution in [2.24, 2.45) is 0 Å². The monoisotopic (exact) mass is 401 g/mol. The predicted octanol–water partition coefficient (Wildman–Crippen LogP) is 3.56. The van der Waals surface area contributed by atoms with Gasteiger partial charge in [-0.2, -0.15) is 21.6 Å². The molecule has 2 N–H and O–H groups in total. The fraction of sp³-hybridized carbons (Fsp3) is 0.118. The maximum Gasteiger partial charge on any atom is 0.516 e. The molecule has 144 valence electrons. The number of allylic oxidation sites excluding steroid dienone is 1. The Morgan fingerprint density at radius 2 is 1.89 bits per heavy atom. The number of carbonyl (C=O) groups is 1. The average Bonchev–Trinajstić information content (AvgIpc) is 2.59. The first-order valence-electron chi connectivity index (χ1n) is 7.32. The van der Waals surface area contributed by atoms with E-state index in [1.807, 2.05) is 0 Å². The highest BCUT2D eigenvalue weighted by Gasteiger charge is 2.46. The molecule has 0 aliphatic rings. The molecular weight excluding hydrogens is 387 g/mol.